The zero-order valence-corrected chi connectivity index (χ0v) is 7.34. The number of carbonyl (C=O) groups is 1. The number of aliphatic hydroxyl groups excluding tert-OH is 1. The third-order valence-corrected chi connectivity index (χ3v) is 2.06. The van der Waals surface area contributed by atoms with E-state index in [1.54, 1.807) is 0 Å². The van der Waals surface area contributed by atoms with Gasteiger partial charge in [0.05, 0.1) is 12.6 Å². The second-order valence-corrected chi connectivity index (χ2v) is 3.04. The van der Waals surface area contributed by atoms with E-state index in [0.29, 0.717) is 11.4 Å². The molecule has 1 rings (SSSR count). The molecule has 1 aliphatic heterocycles. The van der Waals surface area contributed by atoms with Crippen LogP contribution in [0, 0.1) is 0 Å². The van der Waals surface area contributed by atoms with Gasteiger partial charge in [-0.15, -0.1) is 0 Å². The highest BCUT2D eigenvalue weighted by Crippen LogP contribution is 2.20. The van der Waals surface area contributed by atoms with Crippen LogP contribution in [0.15, 0.2) is 0 Å². The van der Waals surface area contributed by atoms with Gasteiger partial charge >= 0.3 is 12.1 Å². The molecule has 0 saturated carbocycles. The second-order valence-electron chi connectivity index (χ2n) is 3.04. The first-order valence-corrected chi connectivity index (χ1v) is 4.16. The minimum absolute atomic E-state index is 0.0242. The van der Waals surface area contributed by atoms with Gasteiger partial charge in [0.15, 0.2) is 0 Å². The molecular formula is C7H11F3N2O2. The number of halogens is 3. The van der Waals surface area contributed by atoms with Gasteiger partial charge in [-0.25, -0.2) is 0 Å². The standard InChI is InChI=1S/C7H11F3N2O2/c8-7(9,10)6(14)12-2-1-11-3-5(12)4-13/h5,11,13H,1-4H2. The molecule has 1 fully saturated rings. The summed E-state index contributed by atoms with van der Waals surface area (Å²) in [5.74, 6) is -1.88. The Kier molecular flexibility index (Phi) is 3.33. The van der Waals surface area contributed by atoms with Gasteiger partial charge < -0.3 is 15.3 Å². The molecule has 1 unspecified atom stereocenters. The molecule has 14 heavy (non-hydrogen) atoms. The van der Waals surface area contributed by atoms with Crippen molar-refractivity contribution in [3.63, 3.8) is 0 Å². The van der Waals surface area contributed by atoms with Gasteiger partial charge in [0.2, 0.25) is 0 Å². The maximum absolute atomic E-state index is 12.1. The predicted molar refractivity (Wildman–Crippen MR) is 41.5 cm³/mol. The highest BCUT2D eigenvalue weighted by Gasteiger charge is 2.44. The number of hydrogen-bond donors (Lipinski definition) is 2. The summed E-state index contributed by atoms with van der Waals surface area (Å²) in [6, 6.07) is -0.780. The lowest BCUT2D eigenvalue weighted by atomic mass is 10.2. The molecule has 1 amide bonds. The van der Waals surface area contributed by atoms with E-state index in [4.69, 9.17) is 5.11 Å². The summed E-state index contributed by atoms with van der Waals surface area (Å²) in [5.41, 5.74) is 0. The number of rotatable bonds is 1. The summed E-state index contributed by atoms with van der Waals surface area (Å²) in [5, 5.41) is 11.6. The lowest BCUT2D eigenvalue weighted by molar-refractivity contribution is -0.189. The van der Waals surface area contributed by atoms with Gasteiger partial charge in [-0.3, -0.25) is 4.79 Å². The van der Waals surface area contributed by atoms with Crippen molar-refractivity contribution >= 4 is 5.91 Å². The Morgan fingerprint density at radius 3 is 2.71 bits per heavy atom. The van der Waals surface area contributed by atoms with Gasteiger partial charge in [0.1, 0.15) is 0 Å². The molecule has 0 aromatic carbocycles. The molecule has 0 aromatic rings. The number of aliphatic hydroxyl groups is 1. The Labute approximate surface area is 78.7 Å². The van der Waals surface area contributed by atoms with Crippen LogP contribution < -0.4 is 5.32 Å². The molecule has 2 N–H and O–H groups in total. The van der Waals surface area contributed by atoms with Gasteiger partial charge in [-0.2, -0.15) is 13.2 Å². The lowest BCUT2D eigenvalue weighted by Gasteiger charge is -2.35. The minimum Gasteiger partial charge on any atom is -0.394 e. The number of nitrogens with zero attached hydrogens (tertiary/aromatic N) is 1. The number of carbonyl (C=O) groups excluding carboxylic acids is 1. The molecule has 82 valence electrons. The summed E-state index contributed by atoms with van der Waals surface area (Å²) in [4.78, 5) is 11.5. The van der Waals surface area contributed by atoms with Gasteiger partial charge in [-0.05, 0) is 0 Å². The Balaban J connectivity index is 2.69. The first kappa shape index (κ1) is 11.3. The molecule has 0 spiro atoms. The van der Waals surface area contributed by atoms with Gasteiger partial charge in [0.25, 0.3) is 0 Å². The Morgan fingerprint density at radius 2 is 2.21 bits per heavy atom. The van der Waals surface area contributed by atoms with Crippen LogP contribution in [-0.2, 0) is 4.79 Å². The third-order valence-electron chi connectivity index (χ3n) is 2.06. The smallest absolute Gasteiger partial charge is 0.394 e. The summed E-state index contributed by atoms with van der Waals surface area (Å²) in [6.45, 7) is 0.0228. The fourth-order valence-electron chi connectivity index (χ4n) is 1.35. The van der Waals surface area contributed by atoms with Crippen LogP contribution in [0.3, 0.4) is 0 Å². The highest BCUT2D eigenvalue weighted by atomic mass is 19.4. The van der Waals surface area contributed by atoms with Crippen molar-refractivity contribution in [1.82, 2.24) is 10.2 Å². The van der Waals surface area contributed by atoms with E-state index in [1.165, 1.54) is 0 Å². The predicted octanol–water partition coefficient (Wildman–Crippen LogP) is -0.659. The number of alkyl halides is 3. The van der Waals surface area contributed by atoms with Crippen LogP contribution in [0.1, 0.15) is 0 Å². The Bertz CT molecular complexity index is 219. The summed E-state index contributed by atoms with van der Waals surface area (Å²) in [6.07, 6.45) is -4.86. The molecule has 0 bridgehead atoms. The molecule has 0 aromatic heterocycles. The summed E-state index contributed by atoms with van der Waals surface area (Å²) in [7, 11) is 0. The molecule has 1 aliphatic rings. The van der Waals surface area contributed by atoms with Crippen molar-refractivity contribution in [3.8, 4) is 0 Å². The van der Waals surface area contributed by atoms with E-state index in [1.807, 2.05) is 0 Å². The quantitative estimate of drug-likeness (QED) is 0.606. The fraction of sp³-hybridized carbons (Fsp3) is 0.857. The zero-order chi connectivity index (χ0) is 10.8. The van der Waals surface area contributed by atoms with Crippen LogP contribution in [0.4, 0.5) is 13.2 Å². The number of piperazine rings is 1. The monoisotopic (exact) mass is 212 g/mol. The summed E-state index contributed by atoms with van der Waals surface area (Å²) < 4.78 is 36.2. The first-order valence-electron chi connectivity index (χ1n) is 4.16. The van der Waals surface area contributed by atoms with Crippen LogP contribution in [0.2, 0.25) is 0 Å². The van der Waals surface area contributed by atoms with Gasteiger partial charge in [0, 0.05) is 19.6 Å². The molecule has 1 heterocycles. The topological polar surface area (TPSA) is 52.6 Å². The number of amides is 1. The lowest BCUT2D eigenvalue weighted by Crippen LogP contribution is -2.58. The molecule has 1 atom stereocenters. The third kappa shape index (κ3) is 2.36. The molecule has 7 heteroatoms. The van der Waals surface area contributed by atoms with E-state index in [-0.39, 0.29) is 13.1 Å². The summed E-state index contributed by atoms with van der Waals surface area (Å²) >= 11 is 0. The largest absolute Gasteiger partial charge is 0.471 e. The van der Waals surface area contributed by atoms with Gasteiger partial charge in [-0.1, -0.05) is 0 Å². The average molecular weight is 212 g/mol. The van der Waals surface area contributed by atoms with Crippen LogP contribution >= 0.6 is 0 Å². The average Bonchev–Trinajstić information content (AvgIpc) is 2.15. The zero-order valence-electron chi connectivity index (χ0n) is 7.34. The Hall–Kier alpha value is -0.820. The number of nitrogens with one attached hydrogen (secondary N) is 1. The molecule has 0 aliphatic carbocycles. The molecule has 4 nitrogen and oxygen atoms in total. The maximum atomic E-state index is 12.1. The fourth-order valence-corrected chi connectivity index (χ4v) is 1.35. The van der Waals surface area contributed by atoms with Crippen molar-refractivity contribution in [2.75, 3.05) is 26.2 Å². The molecular weight excluding hydrogens is 201 g/mol. The van der Waals surface area contributed by atoms with Crippen LogP contribution in [-0.4, -0.2) is 54.4 Å². The van der Waals surface area contributed by atoms with Crippen LogP contribution in [0.25, 0.3) is 0 Å². The van der Waals surface area contributed by atoms with Crippen molar-refractivity contribution < 1.29 is 23.1 Å². The van der Waals surface area contributed by atoms with Crippen molar-refractivity contribution in [2.45, 2.75) is 12.2 Å². The van der Waals surface area contributed by atoms with E-state index in [2.05, 4.69) is 5.32 Å². The van der Waals surface area contributed by atoms with E-state index >= 15 is 0 Å². The maximum Gasteiger partial charge on any atom is 0.471 e. The molecule has 1 saturated heterocycles. The van der Waals surface area contributed by atoms with Crippen molar-refractivity contribution in [1.29, 1.82) is 0 Å². The van der Waals surface area contributed by atoms with E-state index in [0.717, 1.165) is 0 Å². The molecule has 0 radical (unpaired) electrons. The van der Waals surface area contributed by atoms with Crippen molar-refractivity contribution in [3.05, 3.63) is 0 Å². The SMILES string of the molecule is O=C(N1CCNCC1CO)C(F)(F)F. The normalized spacial score (nSPS) is 23.7. The van der Waals surface area contributed by atoms with Crippen molar-refractivity contribution in [2.24, 2.45) is 0 Å². The first-order chi connectivity index (χ1) is 6.46. The van der Waals surface area contributed by atoms with E-state index in [9.17, 15) is 18.0 Å². The van der Waals surface area contributed by atoms with E-state index < -0.39 is 24.7 Å². The highest BCUT2D eigenvalue weighted by molar-refractivity contribution is 5.82. The minimum atomic E-state index is -4.86. The second kappa shape index (κ2) is 4.14. The number of hydrogen-bond acceptors (Lipinski definition) is 3. The van der Waals surface area contributed by atoms with Crippen LogP contribution in [0.5, 0.6) is 0 Å². The Morgan fingerprint density at radius 1 is 1.57 bits per heavy atom.